The number of thiophene rings is 1. The fourth-order valence-electron chi connectivity index (χ4n) is 1.69. The Balaban J connectivity index is 1.95. The summed E-state index contributed by atoms with van der Waals surface area (Å²) in [6.45, 7) is 3.84. The molecule has 0 radical (unpaired) electrons. The number of carbonyl (C=O) groups is 1. The van der Waals surface area contributed by atoms with Gasteiger partial charge in [0.15, 0.2) is 0 Å². The lowest BCUT2D eigenvalue weighted by Crippen LogP contribution is -2.31. The fraction of sp³-hybridized carbons (Fsp3) is 0.333. The second-order valence-electron chi connectivity index (χ2n) is 4.13. The van der Waals surface area contributed by atoms with Crippen molar-refractivity contribution in [3.8, 4) is 0 Å². The Morgan fingerprint density at radius 1 is 1.56 bits per heavy atom. The highest BCUT2D eigenvalue weighted by molar-refractivity contribution is 7.10. The summed E-state index contributed by atoms with van der Waals surface area (Å²) >= 11 is 1.63. The zero-order chi connectivity index (χ0) is 13.1. The number of aryl methyl sites for hydroxylation is 2. The molecular weight excluding hydrogens is 248 g/mol. The van der Waals surface area contributed by atoms with Gasteiger partial charge in [0.05, 0.1) is 11.7 Å². The van der Waals surface area contributed by atoms with Gasteiger partial charge in [0.1, 0.15) is 5.82 Å². The Bertz CT molecular complexity index is 532. The molecule has 0 aliphatic rings. The smallest absolute Gasteiger partial charge is 0.320 e. The Morgan fingerprint density at radius 3 is 2.89 bits per heavy atom. The van der Waals surface area contributed by atoms with Crippen LogP contribution in [0.5, 0.6) is 0 Å². The van der Waals surface area contributed by atoms with Gasteiger partial charge in [-0.2, -0.15) is 5.10 Å². The molecule has 0 spiro atoms. The van der Waals surface area contributed by atoms with E-state index in [1.807, 2.05) is 37.4 Å². The second kappa shape index (κ2) is 5.22. The van der Waals surface area contributed by atoms with Gasteiger partial charge >= 0.3 is 6.03 Å². The Hall–Kier alpha value is -1.82. The maximum atomic E-state index is 11.8. The Kier molecular flexibility index (Phi) is 3.66. The van der Waals surface area contributed by atoms with Crippen molar-refractivity contribution in [2.45, 2.75) is 19.9 Å². The van der Waals surface area contributed by atoms with Crippen LogP contribution in [0, 0.1) is 6.92 Å². The van der Waals surface area contributed by atoms with Crippen LogP contribution in [0.4, 0.5) is 10.6 Å². The highest BCUT2D eigenvalue weighted by Crippen LogP contribution is 2.18. The van der Waals surface area contributed by atoms with Crippen molar-refractivity contribution in [1.29, 1.82) is 0 Å². The summed E-state index contributed by atoms with van der Waals surface area (Å²) in [6, 6.07) is 5.58. The van der Waals surface area contributed by atoms with Crippen LogP contribution >= 0.6 is 11.3 Å². The number of carbonyl (C=O) groups excluding carboxylic acids is 1. The molecule has 0 bridgehead atoms. The molecule has 2 amide bonds. The topological polar surface area (TPSA) is 59.0 Å². The summed E-state index contributed by atoms with van der Waals surface area (Å²) in [6.07, 6.45) is 0. The van der Waals surface area contributed by atoms with Crippen molar-refractivity contribution in [3.05, 3.63) is 34.2 Å². The van der Waals surface area contributed by atoms with E-state index < -0.39 is 0 Å². The molecule has 18 heavy (non-hydrogen) atoms. The van der Waals surface area contributed by atoms with Crippen molar-refractivity contribution in [2.75, 3.05) is 5.32 Å². The summed E-state index contributed by atoms with van der Waals surface area (Å²) < 4.78 is 1.64. The molecule has 2 aromatic rings. The third-order valence-electron chi connectivity index (χ3n) is 2.56. The molecule has 1 atom stereocenters. The van der Waals surface area contributed by atoms with Gasteiger partial charge in [-0.05, 0) is 25.3 Å². The first kappa shape index (κ1) is 12.6. The van der Waals surface area contributed by atoms with E-state index in [4.69, 9.17) is 0 Å². The highest BCUT2D eigenvalue weighted by Gasteiger charge is 2.11. The van der Waals surface area contributed by atoms with Crippen molar-refractivity contribution >= 4 is 23.2 Å². The lowest BCUT2D eigenvalue weighted by molar-refractivity contribution is 0.249. The maximum Gasteiger partial charge on any atom is 0.320 e. The van der Waals surface area contributed by atoms with E-state index in [9.17, 15) is 4.79 Å². The minimum Gasteiger partial charge on any atom is -0.330 e. The third-order valence-corrected chi connectivity index (χ3v) is 3.62. The molecule has 0 saturated heterocycles. The number of anilines is 1. The van der Waals surface area contributed by atoms with Crippen LogP contribution in [0.3, 0.4) is 0 Å². The molecular formula is C12H16N4OS. The van der Waals surface area contributed by atoms with Crippen molar-refractivity contribution in [3.63, 3.8) is 0 Å². The lowest BCUT2D eigenvalue weighted by atomic mass is 10.3. The van der Waals surface area contributed by atoms with Crippen molar-refractivity contribution < 1.29 is 4.79 Å². The summed E-state index contributed by atoms with van der Waals surface area (Å²) in [5.74, 6) is 0.684. The van der Waals surface area contributed by atoms with Crippen LogP contribution in [0.25, 0.3) is 0 Å². The molecule has 0 aromatic carbocycles. The average molecular weight is 264 g/mol. The van der Waals surface area contributed by atoms with E-state index in [1.165, 1.54) is 0 Å². The van der Waals surface area contributed by atoms with Gasteiger partial charge in [0.25, 0.3) is 0 Å². The summed E-state index contributed by atoms with van der Waals surface area (Å²) in [5, 5.41) is 11.8. The predicted octanol–water partition coefficient (Wildman–Crippen LogP) is 2.67. The third kappa shape index (κ3) is 2.89. The first-order valence-corrected chi connectivity index (χ1v) is 6.56. The molecule has 0 fully saturated rings. The number of nitrogens with one attached hydrogen (secondary N) is 2. The Labute approximate surface area is 110 Å². The SMILES string of the molecule is Cc1cc(NC(=O)NC(C)c2cccs2)n(C)n1. The summed E-state index contributed by atoms with van der Waals surface area (Å²) in [7, 11) is 1.80. The number of nitrogens with zero attached hydrogens (tertiary/aromatic N) is 2. The van der Waals surface area contributed by atoms with Gasteiger partial charge in [0.2, 0.25) is 0 Å². The molecule has 2 aromatic heterocycles. The standard InChI is InChI=1S/C12H16N4OS/c1-8-7-11(16(3)15-8)14-12(17)13-9(2)10-5-4-6-18-10/h4-7,9H,1-3H3,(H2,13,14,17). The van der Waals surface area contributed by atoms with E-state index in [-0.39, 0.29) is 12.1 Å². The molecule has 5 nitrogen and oxygen atoms in total. The molecule has 0 aliphatic carbocycles. The first-order valence-electron chi connectivity index (χ1n) is 5.68. The van der Waals surface area contributed by atoms with Gasteiger partial charge in [0, 0.05) is 18.0 Å². The van der Waals surface area contributed by atoms with E-state index in [0.29, 0.717) is 5.82 Å². The van der Waals surface area contributed by atoms with Gasteiger partial charge in [-0.3, -0.25) is 10.00 Å². The number of hydrogen-bond acceptors (Lipinski definition) is 3. The molecule has 2 heterocycles. The summed E-state index contributed by atoms with van der Waals surface area (Å²) in [5.41, 5.74) is 0.874. The minimum absolute atomic E-state index is 0.000625. The highest BCUT2D eigenvalue weighted by atomic mass is 32.1. The van der Waals surface area contributed by atoms with Gasteiger partial charge in [-0.15, -0.1) is 11.3 Å². The maximum absolute atomic E-state index is 11.8. The molecule has 1 unspecified atom stereocenters. The van der Waals surface area contributed by atoms with Gasteiger partial charge in [-0.25, -0.2) is 4.79 Å². The molecule has 2 rings (SSSR count). The largest absolute Gasteiger partial charge is 0.330 e. The van der Waals surface area contributed by atoms with Crippen LogP contribution in [0.15, 0.2) is 23.6 Å². The summed E-state index contributed by atoms with van der Waals surface area (Å²) in [4.78, 5) is 13.0. The minimum atomic E-state index is -0.223. The van der Waals surface area contributed by atoms with E-state index in [0.717, 1.165) is 10.6 Å². The molecule has 96 valence electrons. The zero-order valence-corrected chi connectivity index (χ0v) is 11.4. The quantitative estimate of drug-likeness (QED) is 0.895. The molecule has 6 heteroatoms. The number of urea groups is 1. The zero-order valence-electron chi connectivity index (χ0n) is 10.6. The predicted molar refractivity (Wildman–Crippen MR) is 72.8 cm³/mol. The van der Waals surface area contributed by atoms with E-state index >= 15 is 0 Å². The second-order valence-corrected chi connectivity index (χ2v) is 5.11. The normalized spacial score (nSPS) is 12.2. The molecule has 0 saturated carbocycles. The molecule has 2 N–H and O–H groups in total. The monoisotopic (exact) mass is 264 g/mol. The van der Waals surface area contributed by atoms with Crippen LogP contribution in [-0.2, 0) is 7.05 Å². The van der Waals surface area contributed by atoms with Crippen molar-refractivity contribution in [1.82, 2.24) is 15.1 Å². The number of hydrogen-bond donors (Lipinski definition) is 2. The lowest BCUT2D eigenvalue weighted by Gasteiger charge is -2.13. The van der Waals surface area contributed by atoms with Crippen LogP contribution in [-0.4, -0.2) is 15.8 Å². The average Bonchev–Trinajstić information content (AvgIpc) is 2.89. The van der Waals surface area contributed by atoms with Crippen LogP contribution < -0.4 is 10.6 Å². The van der Waals surface area contributed by atoms with E-state index in [1.54, 1.807) is 23.1 Å². The fourth-order valence-corrected chi connectivity index (χ4v) is 2.42. The molecule has 0 aliphatic heterocycles. The number of aromatic nitrogens is 2. The van der Waals surface area contributed by atoms with E-state index in [2.05, 4.69) is 15.7 Å². The van der Waals surface area contributed by atoms with Crippen molar-refractivity contribution in [2.24, 2.45) is 7.05 Å². The first-order chi connectivity index (χ1) is 8.56. The Morgan fingerprint density at radius 2 is 2.33 bits per heavy atom. The van der Waals surface area contributed by atoms with Gasteiger partial charge in [-0.1, -0.05) is 6.07 Å². The number of rotatable bonds is 3. The number of amides is 2. The van der Waals surface area contributed by atoms with Gasteiger partial charge < -0.3 is 5.32 Å². The van der Waals surface area contributed by atoms with Crippen LogP contribution in [0.2, 0.25) is 0 Å². The van der Waals surface area contributed by atoms with Crippen LogP contribution in [0.1, 0.15) is 23.5 Å².